The molecule has 0 bridgehead atoms. The number of aryl methyl sites for hydroxylation is 1. The maximum atomic E-state index is 13.4. The summed E-state index contributed by atoms with van der Waals surface area (Å²) in [6.07, 6.45) is 0.891. The lowest BCUT2D eigenvalue weighted by Gasteiger charge is -2.03. The molecule has 1 nitrogen and oxygen atoms in total. The molecule has 3 heteroatoms. The minimum Gasteiger partial charge on any atom is -0.392 e. The Labute approximate surface area is 85.8 Å². The Balaban J connectivity index is 2.81. The average Bonchev–Trinajstić information content (AvgIpc) is 2.60. The van der Waals surface area contributed by atoms with Crippen molar-refractivity contribution in [1.82, 2.24) is 0 Å². The highest BCUT2D eigenvalue weighted by Gasteiger charge is 2.10. The summed E-state index contributed by atoms with van der Waals surface area (Å²) in [6, 6.07) is 3.76. The first-order valence-corrected chi connectivity index (χ1v) is 5.44. The van der Waals surface area contributed by atoms with Crippen LogP contribution in [0, 0.1) is 5.82 Å². The standard InChI is InChI=1S/C11H11FOS/c1-2-7-3-4-8(5-13)10-9(12)6-14-11(7)10/h3-4,6,13H,2,5H2,1H3. The van der Waals surface area contributed by atoms with Gasteiger partial charge < -0.3 is 5.11 Å². The van der Waals surface area contributed by atoms with Gasteiger partial charge in [0.1, 0.15) is 5.82 Å². The van der Waals surface area contributed by atoms with Crippen molar-refractivity contribution in [3.8, 4) is 0 Å². The van der Waals surface area contributed by atoms with Crippen LogP contribution in [0.4, 0.5) is 4.39 Å². The van der Waals surface area contributed by atoms with Gasteiger partial charge in [0.25, 0.3) is 0 Å². The van der Waals surface area contributed by atoms with E-state index >= 15 is 0 Å². The zero-order valence-electron chi connectivity index (χ0n) is 7.88. The molecule has 0 radical (unpaired) electrons. The van der Waals surface area contributed by atoms with Crippen LogP contribution in [0.15, 0.2) is 17.5 Å². The molecular weight excluding hydrogens is 199 g/mol. The number of halogens is 1. The van der Waals surface area contributed by atoms with E-state index in [2.05, 4.69) is 0 Å². The highest BCUT2D eigenvalue weighted by atomic mass is 32.1. The van der Waals surface area contributed by atoms with Crippen molar-refractivity contribution in [2.24, 2.45) is 0 Å². The smallest absolute Gasteiger partial charge is 0.142 e. The molecule has 1 aromatic carbocycles. The van der Waals surface area contributed by atoms with Crippen molar-refractivity contribution in [3.05, 3.63) is 34.5 Å². The zero-order chi connectivity index (χ0) is 10.1. The van der Waals surface area contributed by atoms with Crippen LogP contribution in [0.5, 0.6) is 0 Å². The summed E-state index contributed by atoms with van der Waals surface area (Å²) in [4.78, 5) is 0. The van der Waals surface area contributed by atoms with Gasteiger partial charge in [0.05, 0.1) is 6.61 Å². The summed E-state index contributed by atoms with van der Waals surface area (Å²) in [5, 5.41) is 11.2. The second-order valence-electron chi connectivity index (χ2n) is 3.18. The molecule has 0 fully saturated rings. The molecule has 0 aliphatic carbocycles. The molecule has 0 spiro atoms. The fraction of sp³-hybridized carbons (Fsp3) is 0.273. The van der Waals surface area contributed by atoms with E-state index in [1.54, 1.807) is 6.07 Å². The highest BCUT2D eigenvalue weighted by molar-refractivity contribution is 7.17. The summed E-state index contributed by atoms with van der Waals surface area (Å²) in [5.74, 6) is -0.218. The van der Waals surface area contributed by atoms with Crippen LogP contribution in [0.25, 0.3) is 10.1 Å². The Hall–Kier alpha value is -0.930. The van der Waals surface area contributed by atoms with Crippen molar-refractivity contribution in [2.75, 3.05) is 0 Å². The quantitative estimate of drug-likeness (QED) is 0.807. The van der Waals surface area contributed by atoms with Gasteiger partial charge in [-0.1, -0.05) is 19.1 Å². The molecule has 0 unspecified atom stereocenters. The monoisotopic (exact) mass is 210 g/mol. The molecule has 0 aliphatic rings. The fourth-order valence-corrected chi connectivity index (χ4v) is 2.69. The van der Waals surface area contributed by atoms with Crippen LogP contribution in [0.2, 0.25) is 0 Å². The third kappa shape index (κ3) is 1.33. The second-order valence-corrected chi connectivity index (χ2v) is 4.06. The van der Waals surface area contributed by atoms with Crippen molar-refractivity contribution in [3.63, 3.8) is 0 Å². The van der Waals surface area contributed by atoms with Crippen molar-refractivity contribution in [2.45, 2.75) is 20.0 Å². The first-order valence-electron chi connectivity index (χ1n) is 4.56. The lowest BCUT2D eigenvalue weighted by molar-refractivity contribution is 0.283. The lowest BCUT2D eigenvalue weighted by Crippen LogP contribution is -1.88. The summed E-state index contributed by atoms with van der Waals surface area (Å²) in [6.45, 7) is 1.94. The molecule has 1 heterocycles. The van der Waals surface area contributed by atoms with E-state index in [1.807, 2.05) is 13.0 Å². The van der Waals surface area contributed by atoms with Crippen molar-refractivity contribution < 1.29 is 9.50 Å². The van der Waals surface area contributed by atoms with Crippen LogP contribution < -0.4 is 0 Å². The average molecular weight is 210 g/mol. The third-order valence-electron chi connectivity index (χ3n) is 2.40. The Bertz CT molecular complexity index is 462. The number of aliphatic hydroxyl groups excluding tert-OH is 1. The molecule has 0 amide bonds. The van der Waals surface area contributed by atoms with E-state index in [-0.39, 0.29) is 12.4 Å². The number of thiophene rings is 1. The Kier molecular flexibility index (Phi) is 2.52. The highest BCUT2D eigenvalue weighted by Crippen LogP contribution is 2.31. The number of hydrogen-bond acceptors (Lipinski definition) is 2. The van der Waals surface area contributed by atoms with Crippen LogP contribution in [0.3, 0.4) is 0 Å². The molecule has 0 atom stereocenters. The molecule has 1 aromatic heterocycles. The van der Waals surface area contributed by atoms with E-state index < -0.39 is 0 Å². The SMILES string of the molecule is CCc1ccc(CO)c2c(F)csc12. The van der Waals surface area contributed by atoms with Gasteiger partial charge in [0.2, 0.25) is 0 Å². The third-order valence-corrected chi connectivity index (χ3v) is 3.42. The van der Waals surface area contributed by atoms with Gasteiger partial charge in [-0.3, -0.25) is 0 Å². The maximum absolute atomic E-state index is 13.4. The minimum atomic E-state index is -0.218. The Morgan fingerprint density at radius 1 is 1.36 bits per heavy atom. The van der Waals surface area contributed by atoms with E-state index in [4.69, 9.17) is 5.11 Å². The molecule has 0 saturated carbocycles. The van der Waals surface area contributed by atoms with E-state index in [1.165, 1.54) is 16.7 Å². The predicted octanol–water partition coefficient (Wildman–Crippen LogP) is 3.10. The van der Waals surface area contributed by atoms with Gasteiger partial charge in [-0.2, -0.15) is 0 Å². The second kappa shape index (κ2) is 3.67. The number of fused-ring (bicyclic) bond motifs is 1. The Morgan fingerprint density at radius 3 is 2.71 bits per heavy atom. The van der Waals surface area contributed by atoms with Crippen molar-refractivity contribution >= 4 is 21.4 Å². The van der Waals surface area contributed by atoms with Crippen LogP contribution in [-0.4, -0.2) is 5.11 Å². The normalized spacial score (nSPS) is 11.1. The van der Waals surface area contributed by atoms with Gasteiger partial charge in [0.15, 0.2) is 0 Å². The zero-order valence-corrected chi connectivity index (χ0v) is 8.70. The Morgan fingerprint density at radius 2 is 2.07 bits per heavy atom. The number of rotatable bonds is 2. The van der Waals surface area contributed by atoms with Gasteiger partial charge >= 0.3 is 0 Å². The van der Waals surface area contributed by atoms with Gasteiger partial charge in [-0.25, -0.2) is 4.39 Å². The van der Waals surface area contributed by atoms with Gasteiger partial charge in [-0.15, -0.1) is 11.3 Å². The van der Waals surface area contributed by atoms with Crippen LogP contribution >= 0.6 is 11.3 Å². The summed E-state index contributed by atoms with van der Waals surface area (Å²) in [5.41, 5.74) is 1.82. The largest absolute Gasteiger partial charge is 0.392 e. The molecule has 0 aliphatic heterocycles. The van der Waals surface area contributed by atoms with E-state index in [0.29, 0.717) is 10.9 Å². The molecule has 14 heavy (non-hydrogen) atoms. The van der Waals surface area contributed by atoms with Gasteiger partial charge in [-0.05, 0) is 17.5 Å². The summed E-state index contributed by atoms with van der Waals surface area (Å²) >= 11 is 1.41. The molecular formula is C11H11FOS. The van der Waals surface area contributed by atoms with E-state index in [0.717, 1.165) is 16.7 Å². The van der Waals surface area contributed by atoms with Crippen LogP contribution in [-0.2, 0) is 13.0 Å². The first-order chi connectivity index (χ1) is 6.77. The van der Waals surface area contributed by atoms with E-state index in [9.17, 15) is 4.39 Å². The topological polar surface area (TPSA) is 20.2 Å². The molecule has 74 valence electrons. The summed E-state index contributed by atoms with van der Waals surface area (Å²) in [7, 11) is 0. The molecule has 2 rings (SSSR count). The number of hydrogen-bond donors (Lipinski definition) is 1. The predicted molar refractivity (Wildman–Crippen MR) is 57.1 cm³/mol. The van der Waals surface area contributed by atoms with Gasteiger partial charge in [0, 0.05) is 15.5 Å². The number of benzene rings is 1. The number of aliphatic hydroxyl groups is 1. The van der Waals surface area contributed by atoms with Crippen LogP contribution in [0.1, 0.15) is 18.1 Å². The molecule has 0 saturated heterocycles. The minimum absolute atomic E-state index is 0.103. The first kappa shape index (κ1) is 9.62. The molecule has 2 aromatic rings. The maximum Gasteiger partial charge on any atom is 0.142 e. The van der Waals surface area contributed by atoms with Crippen molar-refractivity contribution in [1.29, 1.82) is 0 Å². The molecule has 1 N–H and O–H groups in total. The lowest BCUT2D eigenvalue weighted by atomic mass is 10.1. The fourth-order valence-electron chi connectivity index (χ4n) is 1.64. The summed E-state index contributed by atoms with van der Waals surface area (Å²) < 4.78 is 14.4.